The molecule has 0 atom stereocenters. The number of halogens is 1. The maximum Gasteiger partial charge on any atom is 0.372 e. The van der Waals surface area contributed by atoms with Crippen LogP contribution < -0.4 is 5.63 Å². The second-order valence-electron chi connectivity index (χ2n) is 3.81. The number of rotatable bonds is 3. The number of hydrogen-bond acceptors (Lipinski definition) is 3. The minimum Gasteiger partial charge on any atom is -0.477 e. The molecule has 0 radical (unpaired) electrons. The molecule has 94 valence electrons. The lowest BCUT2D eigenvalue weighted by molar-refractivity contribution is 0.0693. The quantitative estimate of drug-likeness (QED) is 0.925. The van der Waals surface area contributed by atoms with Crippen LogP contribution in [-0.2, 0) is 6.54 Å². The van der Waals surface area contributed by atoms with Crippen molar-refractivity contribution in [2.75, 3.05) is 0 Å². The molecule has 0 aliphatic rings. The fourth-order valence-electron chi connectivity index (χ4n) is 1.68. The third-order valence-corrected chi connectivity index (χ3v) is 2.80. The third kappa shape index (κ3) is 2.31. The van der Waals surface area contributed by atoms with Gasteiger partial charge in [0.25, 0.3) is 0 Å². The molecular formula is C12H10ClNO4. The number of aromatic carboxylic acids is 1. The Kier molecular flexibility index (Phi) is 3.25. The van der Waals surface area contributed by atoms with Gasteiger partial charge >= 0.3 is 11.6 Å². The Labute approximate surface area is 107 Å². The summed E-state index contributed by atoms with van der Waals surface area (Å²) >= 11 is 5.84. The van der Waals surface area contributed by atoms with E-state index in [1.54, 1.807) is 18.2 Å². The molecule has 6 heteroatoms. The summed E-state index contributed by atoms with van der Waals surface area (Å²) in [6.07, 6.45) is 0. The van der Waals surface area contributed by atoms with Crippen molar-refractivity contribution < 1.29 is 14.4 Å². The van der Waals surface area contributed by atoms with Crippen LogP contribution in [0.1, 0.15) is 21.6 Å². The van der Waals surface area contributed by atoms with E-state index in [1.807, 2.05) is 6.07 Å². The van der Waals surface area contributed by atoms with Gasteiger partial charge in [0, 0.05) is 5.02 Å². The highest BCUT2D eigenvalue weighted by Gasteiger charge is 2.19. The highest BCUT2D eigenvalue weighted by molar-refractivity contribution is 6.30. The van der Waals surface area contributed by atoms with Gasteiger partial charge in [-0.25, -0.2) is 14.3 Å². The molecule has 1 N–H and O–H groups in total. The van der Waals surface area contributed by atoms with Crippen molar-refractivity contribution in [1.29, 1.82) is 0 Å². The average Bonchev–Trinajstić information content (AvgIpc) is 2.54. The lowest BCUT2D eigenvalue weighted by Crippen LogP contribution is -2.09. The van der Waals surface area contributed by atoms with E-state index in [-0.39, 0.29) is 17.8 Å². The van der Waals surface area contributed by atoms with Gasteiger partial charge in [0.15, 0.2) is 5.56 Å². The molecule has 0 spiro atoms. The van der Waals surface area contributed by atoms with E-state index in [4.69, 9.17) is 21.2 Å². The fraction of sp³-hybridized carbons (Fsp3) is 0.167. The monoisotopic (exact) mass is 267 g/mol. The minimum absolute atomic E-state index is 0.259. The van der Waals surface area contributed by atoms with E-state index < -0.39 is 11.6 Å². The van der Waals surface area contributed by atoms with E-state index in [1.165, 1.54) is 11.7 Å². The molecule has 2 rings (SSSR count). The molecule has 0 aliphatic heterocycles. The zero-order valence-electron chi connectivity index (χ0n) is 9.51. The van der Waals surface area contributed by atoms with Crippen LogP contribution in [0.5, 0.6) is 0 Å². The average molecular weight is 268 g/mol. The first kappa shape index (κ1) is 12.4. The number of hydrogen-bond donors (Lipinski definition) is 1. The van der Waals surface area contributed by atoms with Crippen LogP contribution in [0.3, 0.4) is 0 Å². The molecule has 0 amide bonds. The maximum absolute atomic E-state index is 11.4. The van der Waals surface area contributed by atoms with Crippen LogP contribution in [0.4, 0.5) is 0 Å². The lowest BCUT2D eigenvalue weighted by atomic mass is 10.2. The van der Waals surface area contributed by atoms with E-state index >= 15 is 0 Å². The van der Waals surface area contributed by atoms with Crippen molar-refractivity contribution in [3.63, 3.8) is 0 Å². The first-order chi connectivity index (χ1) is 8.49. The summed E-state index contributed by atoms with van der Waals surface area (Å²) in [5.74, 6) is -1.29. The molecule has 2 aromatic rings. The Bertz CT molecular complexity index is 656. The fourth-order valence-corrected chi connectivity index (χ4v) is 1.89. The van der Waals surface area contributed by atoms with E-state index in [9.17, 15) is 9.59 Å². The molecular weight excluding hydrogens is 258 g/mol. The second-order valence-corrected chi connectivity index (χ2v) is 4.25. The van der Waals surface area contributed by atoms with Crippen molar-refractivity contribution in [2.24, 2.45) is 0 Å². The molecule has 0 saturated heterocycles. The number of benzene rings is 1. The van der Waals surface area contributed by atoms with Gasteiger partial charge in [-0.15, -0.1) is 0 Å². The molecule has 5 nitrogen and oxygen atoms in total. The molecule has 1 aromatic carbocycles. The molecule has 18 heavy (non-hydrogen) atoms. The van der Waals surface area contributed by atoms with E-state index in [2.05, 4.69) is 0 Å². The Morgan fingerprint density at radius 3 is 2.78 bits per heavy atom. The number of carbonyl (C=O) groups is 1. The van der Waals surface area contributed by atoms with Crippen LogP contribution >= 0.6 is 11.6 Å². The molecule has 0 unspecified atom stereocenters. The smallest absolute Gasteiger partial charge is 0.372 e. The van der Waals surface area contributed by atoms with Gasteiger partial charge < -0.3 is 9.63 Å². The van der Waals surface area contributed by atoms with E-state index in [0.717, 1.165) is 5.56 Å². The Balaban J connectivity index is 2.39. The van der Waals surface area contributed by atoms with Gasteiger partial charge in [-0.2, -0.15) is 0 Å². The van der Waals surface area contributed by atoms with Crippen LogP contribution in [-0.4, -0.2) is 15.8 Å². The Morgan fingerprint density at radius 2 is 2.22 bits per heavy atom. The summed E-state index contributed by atoms with van der Waals surface area (Å²) < 4.78 is 6.14. The summed E-state index contributed by atoms with van der Waals surface area (Å²) in [6, 6.07) is 7.03. The number of aromatic nitrogens is 1. The Morgan fingerprint density at radius 1 is 1.50 bits per heavy atom. The largest absolute Gasteiger partial charge is 0.477 e. The summed E-state index contributed by atoms with van der Waals surface area (Å²) in [4.78, 5) is 22.2. The summed E-state index contributed by atoms with van der Waals surface area (Å²) in [5.41, 5.74) is -0.0761. The Hall–Kier alpha value is -2.01. The van der Waals surface area contributed by atoms with Gasteiger partial charge in [0.2, 0.25) is 0 Å². The van der Waals surface area contributed by atoms with Crippen molar-refractivity contribution in [2.45, 2.75) is 13.5 Å². The standard InChI is InChI=1S/C12H10ClNO4/c1-7-10(11(15)16)12(17)18-14(7)6-8-3-2-4-9(13)5-8/h2-5H,6H2,1H3,(H,15,16). The first-order valence-corrected chi connectivity index (χ1v) is 5.55. The SMILES string of the molecule is Cc1c(C(=O)O)c(=O)on1Cc1cccc(Cl)c1. The molecule has 0 aliphatic carbocycles. The summed E-state index contributed by atoms with van der Waals surface area (Å²) in [5, 5.41) is 9.44. The van der Waals surface area contributed by atoms with Gasteiger partial charge in [0.1, 0.15) is 0 Å². The zero-order valence-corrected chi connectivity index (χ0v) is 10.3. The third-order valence-electron chi connectivity index (χ3n) is 2.56. The van der Waals surface area contributed by atoms with Crippen molar-refractivity contribution in [3.05, 3.63) is 56.5 Å². The topological polar surface area (TPSA) is 72.4 Å². The van der Waals surface area contributed by atoms with Crippen LogP contribution in [0, 0.1) is 6.92 Å². The molecule has 1 heterocycles. The van der Waals surface area contributed by atoms with Gasteiger partial charge in [0.05, 0.1) is 12.2 Å². The zero-order chi connectivity index (χ0) is 13.3. The van der Waals surface area contributed by atoms with Crippen molar-refractivity contribution in [3.8, 4) is 0 Å². The number of carboxylic acids is 1. The minimum atomic E-state index is -1.29. The molecule has 1 aromatic heterocycles. The van der Waals surface area contributed by atoms with E-state index in [0.29, 0.717) is 5.02 Å². The highest BCUT2D eigenvalue weighted by atomic mass is 35.5. The summed E-state index contributed by atoms with van der Waals surface area (Å²) in [7, 11) is 0. The van der Waals surface area contributed by atoms with Gasteiger partial charge in [-0.1, -0.05) is 23.7 Å². The van der Waals surface area contributed by atoms with Crippen LogP contribution in [0.2, 0.25) is 5.02 Å². The first-order valence-electron chi connectivity index (χ1n) is 5.17. The lowest BCUT2D eigenvalue weighted by Gasteiger charge is -2.04. The molecule has 0 saturated carbocycles. The van der Waals surface area contributed by atoms with Gasteiger partial charge in [-0.3, -0.25) is 0 Å². The molecule has 0 fully saturated rings. The van der Waals surface area contributed by atoms with Crippen molar-refractivity contribution in [1.82, 2.24) is 4.74 Å². The number of carboxylic acid groups (broad SMARTS) is 1. The van der Waals surface area contributed by atoms with Crippen LogP contribution in [0.15, 0.2) is 33.6 Å². The predicted molar refractivity (Wildman–Crippen MR) is 65.2 cm³/mol. The normalized spacial score (nSPS) is 10.6. The summed E-state index contributed by atoms with van der Waals surface area (Å²) in [6.45, 7) is 1.79. The van der Waals surface area contributed by atoms with Crippen LogP contribution in [0.25, 0.3) is 0 Å². The predicted octanol–water partition coefficient (Wildman–Crippen LogP) is 2.15. The van der Waals surface area contributed by atoms with Crippen molar-refractivity contribution >= 4 is 17.6 Å². The molecule has 0 bridgehead atoms. The number of nitrogens with zero attached hydrogens (tertiary/aromatic N) is 1. The highest BCUT2D eigenvalue weighted by Crippen LogP contribution is 2.13. The van der Waals surface area contributed by atoms with Gasteiger partial charge in [-0.05, 0) is 24.6 Å². The second kappa shape index (κ2) is 4.70. The maximum atomic E-state index is 11.4.